The standard InChI is InChI=1S/C19H24N4O2/c1-14(2)12-18-21-17(13-20)19(25-18)23-10-8-22(9-11-23)15-4-6-16(24-3)7-5-15/h4-7,14H,8-12H2,1-3H3. The van der Waals surface area contributed by atoms with Crippen LogP contribution in [0.2, 0.25) is 0 Å². The van der Waals surface area contributed by atoms with E-state index in [1.807, 2.05) is 12.1 Å². The summed E-state index contributed by atoms with van der Waals surface area (Å²) in [5.74, 6) is 2.58. The van der Waals surface area contributed by atoms with E-state index >= 15 is 0 Å². The van der Waals surface area contributed by atoms with Crippen LogP contribution in [0.15, 0.2) is 28.7 Å². The smallest absolute Gasteiger partial charge is 0.234 e. The highest BCUT2D eigenvalue weighted by molar-refractivity contribution is 5.53. The van der Waals surface area contributed by atoms with Gasteiger partial charge in [-0.15, -0.1) is 0 Å². The summed E-state index contributed by atoms with van der Waals surface area (Å²) in [6, 6.07) is 10.3. The maximum Gasteiger partial charge on any atom is 0.234 e. The Morgan fingerprint density at radius 3 is 2.36 bits per heavy atom. The zero-order chi connectivity index (χ0) is 17.8. The number of methoxy groups -OCH3 is 1. The predicted molar refractivity (Wildman–Crippen MR) is 97.2 cm³/mol. The molecule has 0 atom stereocenters. The van der Waals surface area contributed by atoms with E-state index in [-0.39, 0.29) is 0 Å². The van der Waals surface area contributed by atoms with E-state index in [4.69, 9.17) is 9.15 Å². The minimum atomic E-state index is 0.397. The minimum absolute atomic E-state index is 0.397. The normalized spacial score (nSPS) is 14.7. The Morgan fingerprint density at radius 1 is 1.16 bits per heavy atom. The Kier molecular flexibility index (Phi) is 5.13. The lowest BCUT2D eigenvalue weighted by atomic mass is 10.1. The van der Waals surface area contributed by atoms with Crippen molar-refractivity contribution >= 4 is 11.6 Å². The van der Waals surface area contributed by atoms with Crippen molar-refractivity contribution in [1.29, 1.82) is 5.26 Å². The maximum absolute atomic E-state index is 9.35. The van der Waals surface area contributed by atoms with Crippen molar-refractivity contribution in [2.24, 2.45) is 5.92 Å². The topological polar surface area (TPSA) is 65.5 Å². The summed E-state index contributed by atoms with van der Waals surface area (Å²) in [4.78, 5) is 8.79. The van der Waals surface area contributed by atoms with Gasteiger partial charge in [0.05, 0.1) is 7.11 Å². The summed E-state index contributed by atoms with van der Waals surface area (Å²) >= 11 is 0. The Bertz CT molecular complexity index is 738. The number of nitrogens with zero attached hydrogens (tertiary/aromatic N) is 4. The van der Waals surface area contributed by atoms with E-state index in [9.17, 15) is 5.26 Å². The van der Waals surface area contributed by atoms with Gasteiger partial charge >= 0.3 is 0 Å². The molecule has 1 aromatic heterocycles. The molecule has 0 aliphatic carbocycles. The number of hydrogen-bond donors (Lipinski definition) is 0. The van der Waals surface area contributed by atoms with Crippen LogP contribution in [0.25, 0.3) is 0 Å². The van der Waals surface area contributed by atoms with Crippen molar-refractivity contribution in [1.82, 2.24) is 4.98 Å². The van der Waals surface area contributed by atoms with E-state index in [0.717, 1.165) is 38.3 Å². The summed E-state index contributed by atoms with van der Waals surface area (Å²) < 4.78 is 11.1. The first-order valence-corrected chi connectivity index (χ1v) is 8.64. The quantitative estimate of drug-likeness (QED) is 0.833. The van der Waals surface area contributed by atoms with Crippen molar-refractivity contribution in [2.75, 3.05) is 43.1 Å². The molecule has 1 aliphatic heterocycles. The highest BCUT2D eigenvalue weighted by Crippen LogP contribution is 2.26. The zero-order valence-electron chi connectivity index (χ0n) is 15.0. The van der Waals surface area contributed by atoms with Gasteiger partial charge in [-0.05, 0) is 30.2 Å². The lowest BCUT2D eigenvalue weighted by molar-refractivity contribution is 0.415. The van der Waals surface area contributed by atoms with Crippen LogP contribution in [-0.2, 0) is 6.42 Å². The first kappa shape index (κ1) is 17.2. The lowest BCUT2D eigenvalue weighted by Crippen LogP contribution is -2.46. The number of oxazole rings is 1. The third-order valence-corrected chi connectivity index (χ3v) is 4.35. The number of rotatable bonds is 5. The molecule has 1 saturated heterocycles. The van der Waals surface area contributed by atoms with Gasteiger partial charge in [0, 0.05) is 38.3 Å². The molecular formula is C19H24N4O2. The number of piperazine rings is 1. The number of hydrogen-bond acceptors (Lipinski definition) is 6. The van der Waals surface area contributed by atoms with Crippen LogP contribution < -0.4 is 14.5 Å². The second-order valence-electron chi connectivity index (χ2n) is 6.64. The molecule has 132 valence electrons. The fourth-order valence-corrected chi connectivity index (χ4v) is 3.04. The molecule has 0 amide bonds. The van der Waals surface area contributed by atoms with E-state index in [0.29, 0.717) is 23.4 Å². The molecule has 0 bridgehead atoms. The van der Waals surface area contributed by atoms with Crippen molar-refractivity contribution in [3.63, 3.8) is 0 Å². The number of benzene rings is 1. The summed E-state index contributed by atoms with van der Waals surface area (Å²) in [7, 11) is 1.67. The summed E-state index contributed by atoms with van der Waals surface area (Å²) in [6.07, 6.45) is 0.750. The molecule has 25 heavy (non-hydrogen) atoms. The van der Waals surface area contributed by atoms with E-state index in [1.165, 1.54) is 5.69 Å². The predicted octanol–water partition coefficient (Wildman–Crippen LogP) is 3.08. The SMILES string of the molecule is COc1ccc(N2CCN(c3oc(CC(C)C)nc3C#N)CC2)cc1. The van der Waals surface area contributed by atoms with Crippen LogP contribution in [0.3, 0.4) is 0 Å². The molecule has 2 aromatic rings. The van der Waals surface area contributed by atoms with Gasteiger partial charge in [0.25, 0.3) is 0 Å². The van der Waals surface area contributed by atoms with E-state index in [2.05, 4.69) is 46.8 Å². The van der Waals surface area contributed by atoms with Gasteiger partial charge in [0.1, 0.15) is 11.8 Å². The molecule has 1 fully saturated rings. The van der Waals surface area contributed by atoms with Crippen LogP contribution in [0.1, 0.15) is 25.4 Å². The first-order chi connectivity index (χ1) is 12.1. The van der Waals surface area contributed by atoms with Crippen LogP contribution in [0.4, 0.5) is 11.6 Å². The van der Waals surface area contributed by atoms with Crippen molar-refractivity contribution in [3.8, 4) is 11.8 Å². The van der Waals surface area contributed by atoms with Crippen LogP contribution in [-0.4, -0.2) is 38.3 Å². The van der Waals surface area contributed by atoms with Gasteiger partial charge in [0.2, 0.25) is 11.6 Å². The molecule has 0 spiro atoms. The third-order valence-electron chi connectivity index (χ3n) is 4.35. The molecule has 0 radical (unpaired) electrons. The minimum Gasteiger partial charge on any atom is -0.497 e. The molecule has 3 rings (SSSR count). The molecule has 0 N–H and O–H groups in total. The Labute approximate surface area is 148 Å². The summed E-state index contributed by atoms with van der Waals surface area (Å²) in [5, 5.41) is 9.35. The highest BCUT2D eigenvalue weighted by Gasteiger charge is 2.24. The average molecular weight is 340 g/mol. The maximum atomic E-state index is 9.35. The second kappa shape index (κ2) is 7.47. The molecule has 1 aliphatic rings. The number of ether oxygens (including phenoxy) is 1. The van der Waals surface area contributed by atoms with E-state index < -0.39 is 0 Å². The van der Waals surface area contributed by atoms with Gasteiger partial charge in [-0.1, -0.05) is 13.8 Å². The molecule has 6 nitrogen and oxygen atoms in total. The Morgan fingerprint density at radius 2 is 1.80 bits per heavy atom. The van der Waals surface area contributed by atoms with Crippen molar-refractivity contribution in [3.05, 3.63) is 35.9 Å². The lowest BCUT2D eigenvalue weighted by Gasteiger charge is -2.35. The van der Waals surface area contributed by atoms with Gasteiger partial charge < -0.3 is 19.0 Å². The highest BCUT2D eigenvalue weighted by atomic mass is 16.5. The van der Waals surface area contributed by atoms with Gasteiger partial charge in [-0.2, -0.15) is 5.26 Å². The zero-order valence-corrected chi connectivity index (χ0v) is 15.0. The van der Waals surface area contributed by atoms with Gasteiger partial charge in [-0.25, -0.2) is 4.98 Å². The molecule has 0 unspecified atom stereocenters. The van der Waals surface area contributed by atoms with Crippen LogP contribution in [0.5, 0.6) is 5.75 Å². The second-order valence-corrected chi connectivity index (χ2v) is 6.64. The fourth-order valence-electron chi connectivity index (χ4n) is 3.04. The van der Waals surface area contributed by atoms with E-state index in [1.54, 1.807) is 7.11 Å². The van der Waals surface area contributed by atoms with Crippen molar-refractivity contribution in [2.45, 2.75) is 20.3 Å². The third kappa shape index (κ3) is 3.87. The average Bonchev–Trinajstić information content (AvgIpc) is 3.04. The summed E-state index contributed by atoms with van der Waals surface area (Å²) in [6.45, 7) is 7.58. The largest absolute Gasteiger partial charge is 0.497 e. The Balaban J connectivity index is 1.67. The van der Waals surface area contributed by atoms with Crippen molar-refractivity contribution < 1.29 is 9.15 Å². The summed E-state index contributed by atoms with van der Waals surface area (Å²) in [5.41, 5.74) is 1.58. The number of aromatic nitrogens is 1. The van der Waals surface area contributed by atoms with Crippen LogP contribution >= 0.6 is 0 Å². The Hall–Kier alpha value is -2.68. The fraction of sp³-hybridized carbons (Fsp3) is 0.474. The molecular weight excluding hydrogens is 316 g/mol. The molecule has 1 aromatic carbocycles. The molecule has 6 heteroatoms. The number of anilines is 2. The molecule has 2 heterocycles. The van der Waals surface area contributed by atoms with Gasteiger partial charge in [0.15, 0.2) is 5.89 Å². The first-order valence-electron chi connectivity index (χ1n) is 8.64. The van der Waals surface area contributed by atoms with Gasteiger partial charge in [-0.3, -0.25) is 0 Å². The monoisotopic (exact) mass is 340 g/mol. The van der Waals surface area contributed by atoms with Crippen LogP contribution in [0, 0.1) is 17.2 Å². The molecule has 0 saturated carbocycles. The number of nitriles is 1.